The molecule has 86 valence electrons. The molecule has 0 amide bonds. The van der Waals surface area contributed by atoms with Crippen molar-refractivity contribution < 1.29 is 0 Å². The third-order valence-electron chi connectivity index (χ3n) is 3.54. The minimum atomic E-state index is 0.674. The second-order valence-electron chi connectivity index (χ2n) is 4.76. The van der Waals surface area contributed by atoms with Gasteiger partial charge in [0.2, 0.25) is 0 Å². The predicted octanol–water partition coefficient (Wildman–Crippen LogP) is 3.24. The van der Waals surface area contributed by atoms with Gasteiger partial charge >= 0.3 is 0 Å². The van der Waals surface area contributed by atoms with Crippen molar-refractivity contribution in [3.63, 3.8) is 0 Å². The lowest BCUT2D eigenvalue weighted by atomic mass is 9.84. The van der Waals surface area contributed by atoms with E-state index >= 15 is 0 Å². The van der Waals surface area contributed by atoms with Crippen LogP contribution in [0.15, 0.2) is 0 Å². The molecule has 0 aromatic rings. The van der Waals surface area contributed by atoms with Crippen molar-refractivity contribution in [3.05, 3.63) is 0 Å². The van der Waals surface area contributed by atoms with Crippen LogP contribution in [-0.2, 0) is 0 Å². The number of nitrogens with zero attached hydrogens (tertiary/aromatic N) is 1. The topological polar surface area (TPSA) is 35.8 Å². The summed E-state index contributed by atoms with van der Waals surface area (Å²) in [5.74, 6) is 0.898. The molecule has 2 heteroatoms. The zero-order valence-electron chi connectivity index (χ0n) is 9.97. The molecule has 0 spiro atoms. The standard InChI is InChI=1S/C13H24N2/c1-12(13-8-4-2-5-9-13)15-11-7-3-6-10-14/h12-13,15H,2-9,11H2,1H3/t12-/m0/s1. The summed E-state index contributed by atoms with van der Waals surface area (Å²) >= 11 is 0. The zero-order valence-corrected chi connectivity index (χ0v) is 9.97. The molecule has 1 rings (SSSR count). The Morgan fingerprint density at radius 1 is 1.27 bits per heavy atom. The van der Waals surface area contributed by atoms with Crippen molar-refractivity contribution in [2.24, 2.45) is 5.92 Å². The van der Waals surface area contributed by atoms with E-state index in [1.54, 1.807) is 0 Å². The maximum absolute atomic E-state index is 8.41. The van der Waals surface area contributed by atoms with Crippen molar-refractivity contribution in [3.8, 4) is 6.07 Å². The van der Waals surface area contributed by atoms with Crippen LogP contribution < -0.4 is 5.32 Å². The third kappa shape index (κ3) is 5.18. The smallest absolute Gasteiger partial charge is 0.0621 e. The number of rotatable bonds is 6. The van der Waals surface area contributed by atoms with Crippen LogP contribution in [0, 0.1) is 17.2 Å². The van der Waals surface area contributed by atoms with Crippen LogP contribution in [0.25, 0.3) is 0 Å². The quantitative estimate of drug-likeness (QED) is 0.680. The summed E-state index contributed by atoms with van der Waals surface area (Å²) in [5, 5.41) is 12.0. The molecular weight excluding hydrogens is 184 g/mol. The van der Waals surface area contributed by atoms with Crippen molar-refractivity contribution in [2.75, 3.05) is 6.54 Å². The van der Waals surface area contributed by atoms with Gasteiger partial charge < -0.3 is 5.32 Å². The molecule has 1 aliphatic rings. The molecule has 1 atom stereocenters. The molecule has 0 heterocycles. The fourth-order valence-corrected chi connectivity index (χ4v) is 2.46. The minimum absolute atomic E-state index is 0.674. The second kappa shape index (κ2) is 7.70. The van der Waals surface area contributed by atoms with Crippen LogP contribution in [0.3, 0.4) is 0 Å². The molecule has 15 heavy (non-hydrogen) atoms. The molecule has 1 aliphatic carbocycles. The maximum Gasteiger partial charge on any atom is 0.0621 e. The number of unbranched alkanes of at least 4 members (excludes halogenated alkanes) is 2. The summed E-state index contributed by atoms with van der Waals surface area (Å²) in [6, 6.07) is 2.86. The van der Waals surface area contributed by atoms with E-state index in [-0.39, 0.29) is 0 Å². The molecule has 0 bridgehead atoms. The van der Waals surface area contributed by atoms with E-state index in [1.807, 2.05) is 0 Å². The van der Waals surface area contributed by atoms with Crippen molar-refractivity contribution >= 4 is 0 Å². The summed E-state index contributed by atoms with van der Waals surface area (Å²) in [6.45, 7) is 3.40. The van der Waals surface area contributed by atoms with Gasteiger partial charge in [0.25, 0.3) is 0 Å². The van der Waals surface area contributed by atoms with E-state index in [0.717, 1.165) is 25.3 Å². The Morgan fingerprint density at radius 2 is 2.00 bits per heavy atom. The molecule has 1 saturated carbocycles. The molecule has 0 aromatic carbocycles. The van der Waals surface area contributed by atoms with Gasteiger partial charge in [0, 0.05) is 12.5 Å². The second-order valence-corrected chi connectivity index (χ2v) is 4.76. The largest absolute Gasteiger partial charge is 0.314 e. The van der Waals surface area contributed by atoms with Crippen LogP contribution in [-0.4, -0.2) is 12.6 Å². The first-order valence-electron chi connectivity index (χ1n) is 6.45. The van der Waals surface area contributed by atoms with E-state index in [4.69, 9.17) is 5.26 Å². The normalized spacial score (nSPS) is 19.7. The lowest BCUT2D eigenvalue weighted by molar-refractivity contribution is 0.281. The number of hydrogen-bond acceptors (Lipinski definition) is 2. The van der Waals surface area contributed by atoms with Gasteiger partial charge in [-0.15, -0.1) is 0 Å². The van der Waals surface area contributed by atoms with Gasteiger partial charge in [-0.25, -0.2) is 0 Å². The highest BCUT2D eigenvalue weighted by Gasteiger charge is 2.18. The molecule has 1 N–H and O–H groups in total. The Morgan fingerprint density at radius 3 is 2.67 bits per heavy atom. The monoisotopic (exact) mass is 208 g/mol. The first-order chi connectivity index (χ1) is 7.34. The summed E-state index contributed by atoms with van der Waals surface area (Å²) < 4.78 is 0. The molecule has 0 aliphatic heterocycles. The fraction of sp³-hybridized carbons (Fsp3) is 0.923. The highest BCUT2D eigenvalue weighted by molar-refractivity contribution is 4.76. The fourth-order valence-electron chi connectivity index (χ4n) is 2.46. The summed E-state index contributed by atoms with van der Waals surface area (Å²) in [5.41, 5.74) is 0. The van der Waals surface area contributed by atoms with Crippen LogP contribution in [0.4, 0.5) is 0 Å². The Hall–Kier alpha value is -0.550. The molecule has 0 radical (unpaired) electrons. The van der Waals surface area contributed by atoms with Crippen LogP contribution in [0.2, 0.25) is 0 Å². The van der Waals surface area contributed by atoms with E-state index in [2.05, 4.69) is 18.3 Å². The molecule has 0 aromatic heterocycles. The first-order valence-corrected chi connectivity index (χ1v) is 6.45. The van der Waals surface area contributed by atoms with Gasteiger partial charge in [0.05, 0.1) is 6.07 Å². The van der Waals surface area contributed by atoms with Gasteiger partial charge in [-0.05, 0) is 45.1 Å². The summed E-state index contributed by atoms with van der Waals surface area (Å²) in [4.78, 5) is 0. The van der Waals surface area contributed by atoms with Gasteiger partial charge in [0.1, 0.15) is 0 Å². The Labute approximate surface area is 94.1 Å². The highest BCUT2D eigenvalue weighted by Crippen LogP contribution is 2.26. The Kier molecular flexibility index (Phi) is 6.43. The Bertz CT molecular complexity index is 189. The van der Waals surface area contributed by atoms with Gasteiger partial charge in [-0.3, -0.25) is 0 Å². The van der Waals surface area contributed by atoms with Crippen molar-refractivity contribution in [1.29, 1.82) is 5.26 Å². The van der Waals surface area contributed by atoms with Crippen molar-refractivity contribution in [2.45, 2.75) is 64.3 Å². The molecular formula is C13H24N2. The summed E-state index contributed by atoms with van der Waals surface area (Å²) in [7, 11) is 0. The Balaban J connectivity index is 2.02. The molecule has 2 nitrogen and oxygen atoms in total. The maximum atomic E-state index is 8.41. The highest BCUT2D eigenvalue weighted by atomic mass is 14.9. The third-order valence-corrected chi connectivity index (χ3v) is 3.54. The van der Waals surface area contributed by atoms with Gasteiger partial charge in [-0.2, -0.15) is 5.26 Å². The molecule has 0 unspecified atom stereocenters. The molecule has 1 fully saturated rings. The van der Waals surface area contributed by atoms with Gasteiger partial charge in [-0.1, -0.05) is 19.3 Å². The minimum Gasteiger partial charge on any atom is -0.314 e. The van der Waals surface area contributed by atoms with Gasteiger partial charge in [0.15, 0.2) is 0 Å². The van der Waals surface area contributed by atoms with Crippen LogP contribution in [0.1, 0.15) is 58.3 Å². The van der Waals surface area contributed by atoms with E-state index in [1.165, 1.54) is 32.1 Å². The van der Waals surface area contributed by atoms with Crippen LogP contribution >= 0.6 is 0 Å². The SMILES string of the molecule is C[C@H](NCCCCC#N)C1CCCCC1. The number of nitriles is 1. The first kappa shape index (κ1) is 12.5. The molecule has 0 saturated heterocycles. The van der Waals surface area contributed by atoms with Crippen LogP contribution in [0.5, 0.6) is 0 Å². The lowest BCUT2D eigenvalue weighted by Gasteiger charge is -2.28. The van der Waals surface area contributed by atoms with E-state index in [9.17, 15) is 0 Å². The summed E-state index contributed by atoms with van der Waals surface area (Å²) in [6.07, 6.45) is 9.99. The average Bonchev–Trinajstić information content (AvgIpc) is 2.30. The van der Waals surface area contributed by atoms with E-state index < -0.39 is 0 Å². The number of nitrogens with one attached hydrogen (secondary N) is 1. The zero-order chi connectivity index (χ0) is 10.9. The lowest BCUT2D eigenvalue weighted by Crippen LogP contribution is -2.35. The van der Waals surface area contributed by atoms with E-state index in [0.29, 0.717) is 12.5 Å². The predicted molar refractivity (Wildman–Crippen MR) is 63.5 cm³/mol. The van der Waals surface area contributed by atoms with Crippen molar-refractivity contribution in [1.82, 2.24) is 5.32 Å². The average molecular weight is 208 g/mol. The number of hydrogen-bond donors (Lipinski definition) is 1.